The Labute approximate surface area is 91.8 Å². The first-order valence-corrected chi connectivity index (χ1v) is 5.60. The van der Waals surface area contributed by atoms with E-state index in [-0.39, 0.29) is 6.10 Å². The molecule has 1 aromatic rings. The van der Waals surface area contributed by atoms with Crippen LogP contribution in [-0.2, 0) is 0 Å². The number of hydrogen-bond acceptors (Lipinski definition) is 1. The van der Waals surface area contributed by atoms with Gasteiger partial charge in [0.25, 0.3) is 0 Å². The zero-order valence-electron chi connectivity index (χ0n) is 9.66. The quantitative estimate of drug-likeness (QED) is 0.706. The molecule has 1 unspecified atom stereocenters. The summed E-state index contributed by atoms with van der Waals surface area (Å²) in [5.41, 5.74) is 2.54. The normalized spacial score (nSPS) is 19.5. The Bertz CT molecular complexity index is 377. The van der Waals surface area contributed by atoms with Gasteiger partial charge in [-0.25, -0.2) is 0 Å². The second-order valence-corrected chi connectivity index (χ2v) is 4.66. The number of rotatable bonds is 2. The molecule has 0 fully saturated rings. The molecule has 0 N–H and O–H groups in total. The Balaban J connectivity index is 2.24. The topological polar surface area (TPSA) is 9.23 Å². The van der Waals surface area contributed by atoms with Gasteiger partial charge >= 0.3 is 0 Å². The molecule has 0 aromatic heterocycles. The van der Waals surface area contributed by atoms with Crippen molar-refractivity contribution in [3.63, 3.8) is 0 Å². The molecule has 0 spiro atoms. The van der Waals surface area contributed by atoms with E-state index in [1.165, 1.54) is 11.1 Å². The Morgan fingerprint density at radius 1 is 1.27 bits per heavy atom. The predicted octanol–water partition coefficient (Wildman–Crippen LogP) is 3.90. The van der Waals surface area contributed by atoms with Gasteiger partial charge in [0, 0.05) is 5.56 Å². The van der Waals surface area contributed by atoms with E-state index >= 15 is 0 Å². The minimum Gasteiger partial charge on any atom is -0.485 e. The molecule has 15 heavy (non-hydrogen) atoms. The van der Waals surface area contributed by atoms with Crippen molar-refractivity contribution in [1.82, 2.24) is 0 Å². The molecule has 0 amide bonds. The molecular weight excluding hydrogens is 184 g/mol. The van der Waals surface area contributed by atoms with Crippen molar-refractivity contribution in [1.29, 1.82) is 0 Å². The highest BCUT2D eigenvalue weighted by atomic mass is 16.5. The van der Waals surface area contributed by atoms with Crippen LogP contribution in [0.5, 0.6) is 5.75 Å². The van der Waals surface area contributed by atoms with E-state index < -0.39 is 0 Å². The third-order valence-electron chi connectivity index (χ3n) is 2.76. The lowest BCUT2D eigenvalue weighted by atomic mass is 9.96. The monoisotopic (exact) mass is 202 g/mol. The van der Waals surface area contributed by atoms with Gasteiger partial charge < -0.3 is 4.74 Å². The minimum absolute atomic E-state index is 0.264. The van der Waals surface area contributed by atoms with Crippen LogP contribution < -0.4 is 4.74 Å². The van der Waals surface area contributed by atoms with Gasteiger partial charge in [-0.15, -0.1) is 0 Å². The van der Waals surface area contributed by atoms with E-state index in [4.69, 9.17) is 4.74 Å². The summed E-state index contributed by atoms with van der Waals surface area (Å²) in [4.78, 5) is 0. The van der Waals surface area contributed by atoms with Gasteiger partial charge in [-0.05, 0) is 37.0 Å². The Morgan fingerprint density at radius 3 is 2.73 bits per heavy atom. The average molecular weight is 202 g/mol. The van der Waals surface area contributed by atoms with Crippen molar-refractivity contribution in [3.05, 3.63) is 35.4 Å². The highest BCUT2D eigenvalue weighted by molar-refractivity contribution is 5.62. The van der Waals surface area contributed by atoms with Gasteiger partial charge in [-0.2, -0.15) is 0 Å². The van der Waals surface area contributed by atoms with Crippen LogP contribution in [-0.4, -0.2) is 6.10 Å². The summed E-state index contributed by atoms with van der Waals surface area (Å²) >= 11 is 0. The minimum atomic E-state index is 0.264. The van der Waals surface area contributed by atoms with Gasteiger partial charge in [0.15, 0.2) is 0 Å². The predicted molar refractivity (Wildman–Crippen MR) is 64.0 cm³/mol. The molecule has 2 rings (SSSR count). The summed E-state index contributed by atoms with van der Waals surface area (Å²) in [6, 6.07) is 8.23. The van der Waals surface area contributed by atoms with E-state index in [1.807, 2.05) is 12.1 Å². The first-order valence-electron chi connectivity index (χ1n) is 5.60. The van der Waals surface area contributed by atoms with Gasteiger partial charge in [0.1, 0.15) is 11.9 Å². The molecule has 1 aromatic carbocycles. The van der Waals surface area contributed by atoms with Gasteiger partial charge in [-0.1, -0.05) is 32.0 Å². The fourth-order valence-corrected chi connectivity index (χ4v) is 1.95. The van der Waals surface area contributed by atoms with Gasteiger partial charge in [0.05, 0.1) is 0 Å². The van der Waals surface area contributed by atoms with Crippen molar-refractivity contribution in [2.24, 2.45) is 5.92 Å². The maximum atomic E-state index is 5.99. The molecule has 0 saturated carbocycles. The Morgan fingerprint density at radius 2 is 2.00 bits per heavy atom. The van der Waals surface area contributed by atoms with Crippen LogP contribution in [0.15, 0.2) is 29.8 Å². The highest BCUT2D eigenvalue weighted by Gasteiger charge is 2.20. The summed E-state index contributed by atoms with van der Waals surface area (Å²) < 4.78 is 5.99. The van der Waals surface area contributed by atoms with Crippen LogP contribution in [0.2, 0.25) is 0 Å². The maximum Gasteiger partial charge on any atom is 0.127 e. The molecule has 0 bridgehead atoms. The fourth-order valence-electron chi connectivity index (χ4n) is 1.95. The summed E-state index contributed by atoms with van der Waals surface area (Å²) in [6.07, 6.45) is 3.60. The summed E-state index contributed by atoms with van der Waals surface area (Å²) in [7, 11) is 0. The lowest BCUT2D eigenvalue weighted by Crippen LogP contribution is -2.23. The molecule has 1 heterocycles. The van der Waals surface area contributed by atoms with Crippen molar-refractivity contribution in [2.75, 3.05) is 0 Å². The van der Waals surface area contributed by atoms with Crippen LogP contribution in [0.25, 0.3) is 6.08 Å². The lowest BCUT2D eigenvalue weighted by Gasteiger charge is -2.26. The van der Waals surface area contributed by atoms with Crippen LogP contribution in [0, 0.1) is 5.92 Å². The van der Waals surface area contributed by atoms with E-state index in [9.17, 15) is 0 Å². The SMILES string of the molecule is CC1=Cc2ccccc2OC1CC(C)C. The van der Waals surface area contributed by atoms with Gasteiger partial charge in [-0.3, -0.25) is 0 Å². The molecular formula is C14H18O. The smallest absolute Gasteiger partial charge is 0.127 e. The average Bonchev–Trinajstić information content (AvgIpc) is 2.18. The van der Waals surface area contributed by atoms with Gasteiger partial charge in [0.2, 0.25) is 0 Å². The standard InChI is InChI=1S/C14H18O/c1-10(2)8-14-11(3)9-12-6-4-5-7-13(12)15-14/h4-7,9-10,14H,8H2,1-3H3. The molecule has 1 nitrogen and oxygen atoms in total. The van der Waals surface area contributed by atoms with Crippen molar-refractivity contribution < 1.29 is 4.74 Å². The largest absolute Gasteiger partial charge is 0.485 e. The van der Waals surface area contributed by atoms with Crippen LogP contribution in [0.4, 0.5) is 0 Å². The second kappa shape index (κ2) is 4.09. The molecule has 0 saturated heterocycles. The maximum absolute atomic E-state index is 5.99. The molecule has 1 atom stereocenters. The van der Waals surface area contributed by atoms with Crippen LogP contribution in [0.3, 0.4) is 0 Å². The summed E-state index contributed by atoms with van der Waals surface area (Å²) in [5.74, 6) is 1.69. The first kappa shape index (κ1) is 10.3. The van der Waals surface area contributed by atoms with Crippen LogP contribution >= 0.6 is 0 Å². The molecule has 0 aliphatic carbocycles. The van der Waals surface area contributed by atoms with Crippen molar-refractivity contribution >= 4 is 6.08 Å². The third-order valence-corrected chi connectivity index (χ3v) is 2.76. The number of hydrogen-bond donors (Lipinski definition) is 0. The van der Waals surface area contributed by atoms with E-state index in [0.717, 1.165) is 12.2 Å². The summed E-state index contributed by atoms with van der Waals surface area (Å²) in [6.45, 7) is 6.62. The van der Waals surface area contributed by atoms with Crippen molar-refractivity contribution in [3.8, 4) is 5.75 Å². The van der Waals surface area contributed by atoms with E-state index in [2.05, 4.69) is 39.0 Å². The fraction of sp³-hybridized carbons (Fsp3) is 0.429. The highest BCUT2D eigenvalue weighted by Crippen LogP contribution is 2.31. The second-order valence-electron chi connectivity index (χ2n) is 4.66. The Kier molecular flexibility index (Phi) is 2.81. The van der Waals surface area contributed by atoms with Crippen LogP contribution in [0.1, 0.15) is 32.8 Å². The van der Waals surface area contributed by atoms with E-state index in [0.29, 0.717) is 5.92 Å². The Hall–Kier alpha value is -1.24. The number of benzene rings is 1. The summed E-state index contributed by atoms with van der Waals surface area (Å²) in [5, 5.41) is 0. The van der Waals surface area contributed by atoms with Crippen molar-refractivity contribution in [2.45, 2.75) is 33.3 Å². The third kappa shape index (κ3) is 2.23. The molecule has 1 heteroatoms. The van der Waals surface area contributed by atoms with E-state index in [1.54, 1.807) is 0 Å². The zero-order valence-corrected chi connectivity index (χ0v) is 9.66. The molecule has 1 aliphatic heterocycles. The molecule has 80 valence electrons. The molecule has 1 aliphatic rings. The lowest BCUT2D eigenvalue weighted by molar-refractivity contribution is 0.205. The number of fused-ring (bicyclic) bond motifs is 1. The zero-order chi connectivity index (χ0) is 10.8. The number of para-hydroxylation sites is 1. The number of ether oxygens (including phenoxy) is 1. The first-order chi connectivity index (χ1) is 7.16. The molecule has 0 radical (unpaired) electrons.